The Hall–Kier alpha value is -4.39. The van der Waals surface area contributed by atoms with Crippen molar-refractivity contribution in [3.8, 4) is 22.9 Å². The van der Waals surface area contributed by atoms with E-state index in [4.69, 9.17) is 14.5 Å². The lowest BCUT2D eigenvalue weighted by Gasteiger charge is -2.21. The van der Waals surface area contributed by atoms with Gasteiger partial charge in [0.25, 0.3) is 5.56 Å². The van der Waals surface area contributed by atoms with Gasteiger partial charge in [-0.2, -0.15) is 0 Å². The monoisotopic (exact) mass is 624 g/mol. The van der Waals surface area contributed by atoms with E-state index in [1.54, 1.807) is 4.57 Å². The van der Waals surface area contributed by atoms with Crippen LogP contribution in [0.4, 0.5) is 0 Å². The molecular weight excluding hydrogens is 576 g/mol. The van der Waals surface area contributed by atoms with Gasteiger partial charge < -0.3 is 14.6 Å². The number of aryl methyl sites for hydroxylation is 5. The van der Waals surface area contributed by atoms with Crippen molar-refractivity contribution in [2.75, 3.05) is 6.61 Å². The fourth-order valence-electron chi connectivity index (χ4n) is 6.05. The molecule has 1 N–H and O–H groups in total. The minimum atomic E-state index is -0.894. The number of carboxylic acids is 1. The van der Waals surface area contributed by atoms with E-state index in [2.05, 4.69) is 32.9 Å². The predicted octanol–water partition coefficient (Wildman–Crippen LogP) is 8.51. The molecule has 0 atom stereocenters. The molecule has 0 aliphatic heterocycles. The minimum Gasteiger partial charge on any atom is -0.494 e. The minimum absolute atomic E-state index is 0.0459. The lowest BCUT2D eigenvalue weighted by Crippen LogP contribution is -2.28. The third kappa shape index (κ3) is 8.25. The van der Waals surface area contributed by atoms with Gasteiger partial charge in [0.2, 0.25) is 0 Å². The average Bonchev–Trinajstić information content (AvgIpc) is 3.01. The molecule has 0 radical (unpaired) electrons. The number of carbonyl (C=O) groups is 1. The number of rotatable bonds is 16. The number of nitrogens with zero attached hydrogens (tertiary/aromatic N) is 2. The summed E-state index contributed by atoms with van der Waals surface area (Å²) in [5, 5.41) is 9.55. The standard InChI is InChI=1S/C39H48N2O5/c1-7-11-17-35-34(39(44)41(27(6)40-35)32-18-20-33(21-19-32)45-10-4)24-28-22-29(13-8-2)38(30(23-28)14-9-3)46-37-26(5)15-12-16-31(37)25-36(42)43/h12,15-16,18-23H,7-11,13-14,17,24-25H2,1-6H3,(H,42,43). The van der Waals surface area contributed by atoms with Crippen molar-refractivity contribution in [2.24, 2.45) is 0 Å². The van der Waals surface area contributed by atoms with E-state index in [-0.39, 0.29) is 12.0 Å². The maximum Gasteiger partial charge on any atom is 0.307 e. The smallest absolute Gasteiger partial charge is 0.307 e. The van der Waals surface area contributed by atoms with Crippen LogP contribution in [-0.4, -0.2) is 27.2 Å². The summed E-state index contributed by atoms with van der Waals surface area (Å²) >= 11 is 0. The van der Waals surface area contributed by atoms with E-state index >= 15 is 0 Å². The summed E-state index contributed by atoms with van der Waals surface area (Å²) in [6, 6.07) is 17.6. The second kappa shape index (κ2) is 16.3. The Labute approximate surface area is 273 Å². The van der Waals surface area contributed by atoms with E-state index in [1.807, 2.05) is 63.2 Å². The van der Waals surface area contributed by atoms with Crippen molar-refractivity contribution in [3.63, 3.8) is 0 Å². The number of hydrogen-bond acceptors (Lipinski definition) is 5. The highest BCUT2D eigenvalue weighted by Gasteiger charge is 2.21. The number of unbranched alkanes of at least 4 members (excludes halogenated alkanes) is 1. The molecule has 0 amide bonds. The van der Waals surface area contributed by atoms with Gasteiger partial charge >= 0.3 is 5.97 Å². The zero-order chi connectivity index (χ0) is 33.2. The van der Waals surface area contributed by atoms with E-state index in [0.717, 1.165) is 90.1 Å². The summed E-state index contributed by atoms with van der Waals surface area (Å²) in [5.74, 6) is 1.94. The van der Waals surface area contributed by atoms with Crippen molar-refractivity contribution >= 4 is 5.97 Å². The van der Waals surface area contributed by atoms with Crippen LogP contribution in [0.2, 0.25) is 0 Å². The van der Waals surface area contributed by atoms with E-state index in [1.165, 1.54) is 0 Å². The third-order valence-electron chi connectivity index (χ3n) is 8.16. The second-order valence-corrected chi connectivity index (χ2v) is 11.9. The first-order valence-electron chi connectivity index (χ1n) is 16.7. The normalized spacial score (nSPS) is 11.1. The van der Waals surface area contributed by atoms with Crippen molar-refractivity contribution < 1.29 is 19.4 Å². The predicted molar refractivity (Wildman–Crippen MR) is 184 cm³/mol. The molecule has 0 fully saturated rings. The van der Waals surface area contributed by atoms with Crippen LogP contribution in [0.5, 0.6) is 17.2 Å². The highest BCUT2D eigenvalue weighted by Crippen LogP contribution is 2.37. The molecule has 3 aromatic carbocycles. The molecule has 0 saturated heterocycles. The van der Waals surface area contributed by atoms with Crippen molar-refractivity contribution in [1.29, 1.82) is 0 Å². The first-order chi connectivity index (χ1) is 22.2. The van der Waals surface area contributed by atoms with E-state index in [0.29, 0.717) is 35.7 Å². The zero-order valence-corrected chi connectivity index (χ0v) is 28.2. The molecule has 1 aromatic heterocycles. The lowest BCUT2D eigenvalue weighted by molar-refractivity contribution is -0.136. The molecule has 4 aromatic rings. The molecule has 4 rings (SSSR count). The maximum atomic E-state index is 14.3. The summed E-state index contributed by atoms with van der Waals surface area (Å²) in [7, 11) is 0. The molecule has 0 spiro atoms. The van der Waals surface area contributed by atoms with Gasteiger partial charge in [0, 0.05) is 17.5 Å². The summed E-state index contributed by atoms with van der Waals surface area (Å²) in [6.45, 7) is 12.8. The fraction of sp³-hybridized carbons (Fsp3) is 0.410. The van der Waals surface area contributed by atoms with Crippen LogP contribution in [0.15, 0.2) is 59.4 Å². The Balaban J connectivity index is 1.84. The topological polar surface area (TPSA) is 90.7 Å². The molecule has 0 aliphatic carbocycles. The summed E-state index contributed by atoms with van der Waals surface area (Å²) in [4.78, 5) is 30.9. The lowest BCUT2D eigenvalue weighted by atomic mass is 9.94. The van der Waals surface area contributed by atoms with Gasteiger partial charge in [0.15, 0.2) is 0 Å². The summed E-state index contributed by atoms with van der Waals surface area (Å²) < 4.78 is 14.0. The third-order valence-corrected chi connectivity index (χ3v) is 8.16. The Kier molecular flexibility index (Phi) is 12.2. The largest absolute Gasteiger partial charge is 0.494 e. The first kappa shape index (κ1) is 34.5. The van der Waals surface area contributed by atoms with Crippen LogP contribution in [0, 0.1) is 13.8 Å². The Morgan fingerprint density at radius 2 is 1.52 bits per heavy atom. The zero-order valence-electron chi connectivity index (χ0n) is 28.2. The summed E-state index contributed by atoms with van der Waals surface area (Å²) in [5.41, 5.74) is 7.03. The Bertz CT molecular complexity index is 1680. The van der Waals surface area contributed by atoms with Gasteiger partial charge in [0.05, 0.1) is 24.4 Å². The average molecular weight is 625 g/mol. The maximum absolute atomic E-state index is 14.3. The molecule has 0 saturated carbocycles. The van der Waals surface area contributed by atoms with Crippen LogP contribution in [0.3, 0.4) is 0 Å². The number of para-hydroxylation sites is 1. The van der Waals surface area contributed by atoms with Gasteiger partial charge in [-0.1, -0.05) is 70.4 Å². The van der Waals surface area contributed by atoms with Crippen LogP contribution >= 0.6 is 0 Å². The number of hydrogen-bond donors (Lipinski definition) is 1. The number of aromatic nitrogens is 2. The van der Waals surface area contributed by atoms with Crippen molar-refractivity contribution in [3.05, 3.63) is 110 Å². The van der Waals surface area contributed by atoms with Crippen molar-refractivity contribution in [2.45, 2.75) is 99.3 Å². The van der Waals surface area contributed by atoms with Gasteiger partial charge in [-0.15, -0.1) is 0 Å². The van der Waals surface area contributed by atoms with Crippen LogP contribution in [0.25, 0.3) is 5.69 Å². The van der Waals surface area contributed by atoms with Gasteiger partial charge in [-0.3, -0.25) is 14.2 Å². The Morgan fingerprint density at radius 3 is 2.11 bits per heavy atom. The molecule has 0 bridgehead atoms. The molecule has 7 nitrogen and oxygen atoms in total. The highest BCUT2D eigenvalue weighted by atomic mass is 16.5. The van der Waals surface area contributed by atoms with E-state index < -0.39 is 5.97 Å². The molecule has 7 heteroatoms. The number of benzene rings is 3. The van der Waals surface area contributed by atoms with Crippen molar-refractivity contribution in [1.82, 2.24) is 9.55 Å². The first-order valence-corrected chi connectivity index (χ1v) is 16.7. The van der Waals surface area contributed by atoms with Gasteiger partial charge in [-0.05, 0) is 93.0 Å². The number of ether oxygens (including phenoxy) is 2. The van der Waals surface area contributed by atoms with Gasteiger partial charge in [-0.25, -0.2) is 4.98 Å². The molecule has 1 heterocycles. The molecule has 46 heavy (non-hydrogen) atoms. The summed E-state index contributed by atoms with van der Waals surface area (Å²) in [6.07, 6.45) is 6.49. The molecule has 0 unspecified atom stereocenters. The Morgan fingerprint density at radius 1 is 0.848 bits per heavy atom. The number of aliphatic carboxylic acids is 1. The fourth-order valence-corrected chi connectivity index (χ4v) is 6.05. The van der Waals surface area contributed by atoms with Crippen LogP contribution in [-0.2, 0) is 36.9 Å². The van der Waals surface area contributed by atoms with Crippen LogP contribution < -0.4 is 15.0 Å². The quantitative estimate of drug-likeness (QED) is 0.134. The molecule has 0 aliphatic rings. The molecule has 244 valence electrons. The van der Waals surface area contributed by atoms with E-state index in [9.17, 15) is 14.7 Å². The highest BCUT2D eigenvalue weighted by molar-refractivity contribution is 5.72. The number of carboxylic acid groups (broad SMARTS) is 1. The van der Waals surface area contributed by atoms with Gasteiger partial charge in [0.1, 0.15) is 23.1 Å². The second-order valence-electron chi connectivity index (χ2n) is 11.9. The van der Waals surface area contributed by atoms with Crippen LogP contribution in [0.1, 0.15) is 98.3 Å². The SMILES string of the molecule is CCCCc1nc(C)n(-c2ccc(OCC)cc2)c(=O)c1Cc1cc(CCC)c(Oc2c(C)cccc2CC(=O)O)c(CCC)c1. The molecular formula is C39H48N2O5.